The van der Waals surface area contributed by atoms with Crippen molar-refractivity contribution in [3.63, 3.8) is 0 Å². The molecule has 2 atom stereocenters. The molecule has 5 nitrogen and oxygen atoms in total. The molecule has 0 bridgehead atoms. The fourth-order valence-corrected chi connectivity index (χ4v) is 4.65. The Bertz CT molecular complexity index is 627. The highest BCUT2D eigenvalue weighted by molar-refractivity contribution is 7.99. The average molecular weight is 364 g/mol. The van der Waals surface area contributed by atoms with E-state index in [1.807, 2.05) is 18.2 Å². The Morgan fingerprint density at radius 3 is 2.92 bits per heavy atom. The molecule has 0 spiro atoms. The fourth-order valence-electron chi connectivity index (χ4n) is 3.36. The molecule has 6 heteroatoms. The van der Waals surface area contributed by atoms with Crippen LogP contribution in [-0.2, 0) is 0 Å². The first-order valence-corrected chi connectivity index (χ1v) is 10.2. The van der Waals surface area contributed by atoms with Crippen molar-refractivity contribution in [2.75, 3.05) is 24.6 Å². The molecule has 0 aromatic heterocycles. The number of rotatable bonds is 4. The number of nitrogens with zero attached hydrogens (tertiary/aromatic N) is 1. The highest BCUT2D eigenvalue weighted by Crippen LogP contribution is 2.39. The number of hydrogen-bond acceptors (Lipinski definition) is 4. The van der Waals surface area contributed by atoms with Crippen LogP contribution in [0, 0.1) is 0 Å². The van der Waals surface area contributed by atoms with Crippen LogP contribution in [0.3, 0.4) is 0 Å². The molecule has 1 aromatic carbocycles. The summed E-state index contributed by atoms with van der Waals surface area (Å²) < 4.78 is 6.11. The maximum Gasteiger partial charge on any atom is 0.191 e. The van der Waals surface area contributed by atoms with Gasteiger partial charge in [-0.25, -0.2) is 0 Å². The van der Waals surface area contributed by atoms with Gasteiger partial charge in [-0.2, -0.15) is 11.8 Å². The minimum atomic E-state index is -0.667. The molecule has 2 aliphatic heterocycles. The normalized spacial score (nSPS) is 28.2. The van der Waals surface area contributed by atoms with Gasteiger partial charge in [0.2, 0.25) is 0 Å². The van der Waals surface area contributed by atoms with E-state index in [-0.39, 0.29) is 11.6 Å². The highest BCUT2D eigenvalue weighted by Gasteiger charge is 2.35. The molecule has 0 radical (unpaired) electrons. The quantitative estimate of drug-likeness (QED) is 0.567. The highest BCUT2D eigenvalue weighted by atomic mass is 32.2. The van der Waals surface area contributed by atoms with E-state index in [0.717, 1.165) is 48.2 Å². The fraction of sp³-hybridized carbons (Fsp3) is 0.632. The number of guanidine groups is 1. The first kappa shape index (κ1) is 18.4. The number of hydrogen-bond donors (Lipinski definition) is 3. The van der Waals surface area contributed by atoms with Crippen molar-refractivity contribution in [1.82, 2.24) is 10.6 Å². The van der Waals surface area contributed by atoms with E-state index in [1.165, 1.54) is 0 Å². The number of para-hydroxylation sites is 1. The number of aliphatic imine (C=N–C) groups is 1. The molecule has 0 saturated carbocycles. The number of thioether (sulfide) groups is 1. The third-order valence-corrected chi connectivity index (χ3v) is 5.88. The summed E-state index contributed by atoms with van der Waals surface area (Å²) in [6.07, 6.45) is 1.67. The summed E-state index contributed by atoms with van der Waals surface area (Å²) in [4.78, 5) is 4.67. The zero-order valence-corrected chi connectivity index (χ0v) is 16.2. The van der Waals surface area contributed by atoms with Crippen LogP contribution in [0.4, 0.5) is 0 Å². The summed E-state index contributed by atoms with van der Waals surface area (Å²) in [5.74, 6) is 3.46. The summed E-state index contributed by atoms with van der Waals surface area (Å²) >= 11 is 1.80. The lowest BCUT2D eigenvalue weighted by Crippen LogP contribution is -2.46. The Morgan fingerprint density at radius 1 is 1.40 bits per heavy atom. The summed E-state index contributed by atoms with van der Waals surface area (Å²) in [7, 11) is 0. The van der Waals surface area contributed by atoms with E-state index >= 15 is 0 Å². The largest absolute Gasteiger partial charge is 0.487 e. The summed E-state index contributed by atoms with van der Waals surface area (Å²) in [6.45, 7) is 7.50. The van der Waals surface area contributed by atoms with Gasteiger partial charge in [-0.15, -0.1) is 0 Å². The molecule has 2 aliphatic rings. The van der Waals surface area contributed by atoms with Gasteiger partial charge in [0, 0.05) is 24.3 Å². The predicted octanol–water partition coefficient (Wildman–Crippen LogP) is 2.71. The van der Waals surface area contributed by atoms with Gasteiger partial charge >= 0.3 is 0 Å². The zero-order chi connectivity index (χ0) is 17.9. The van der Waals surface area contributed by atoms with Crippen LogP contribution < -0.4 is 15.4 Å². The molecular formula is C19H29N3O2S. The Balaban J connectivity index is 1.77. The Morgan fingerprint density at radius 2 is 2.20 bits per heavy atom. The van der Waals surface area contributed by atoms with E-state index < -0.39 is 5.60 Å². The smallest absolute Gasteiger partial charge is 0.191 e. The lowest BCUT2D eigenvalue weighted by molar-refractivity contribution is 0.0687. The van der Waals surface area contributed by atoms with E-state index in [1.54, 1.807) is 11.8 Å². The second-order valence-electron chi connectivity index (χ2n) is 7.52. The summed E-state index contributed by atoms with van der Waals surface area (Å²) in [5.41, 5.74) is 0.256. The first-order chi connectivity index (χ1) is 11.9. The SMILES string of the molecule is CCNC(=NCC1(O)CCSC1)NC1CC(C)(C)Oc2ccccc21. The molecule has 3 rings (SSSR count). The van der Waals surface area contributed by atoms with Crippen molar-refractivity contribution >= 4 is 17.7 Å². The number of benzene rings is 1. The second-order valence-corrected chi connectivity index (χ2v) is 8.63. The van der Waals surface area contributed by atoms with Crippen molar-refractivity contribution < 1.29 is 9.84 Å². The molecule has 1 aromatic rings. The molecule has 0 amide bonds. The molecular weight excluding hydrogens is 334 g/mol. The van der Waals surface area contributed by atoms with Crippen molar-refractivity contribution in [3.8, 4) is 5.75 Å². The summed E-state index contributed by atoms with van der Waals surface area (Å²) in [6, 6.07) is 8.30. The van der Waals surface area contributed by atoms with E-state index in [9.17, 15) is 5.11 Å². The van der Waals surface area contributed by atoms with Crippen LogP contribution in [0.25, 0.3) is 0 Å². The number of nitrogens with one attached hydrogen (secondary N) is 2. The summed E-state index contributed by atoms with van der Waals surface area (Å²) in [5, 5.41) is 17.4. The molecule has 25 heavy (non-hydrogen) atoms. The molecule has 3 N–H and O–H groups in total. The van der Waals surface area contributed by atoms with Gasteiger partial charge in [0.05, 0.1) is 18.2 Å². The Labute approximate surface area is 154 Å². The van der Waals surface area contributed by atoms with Crippen LogP contribution in [0.1, 0.15) is 45.2 Å². The predicted molar refractivity (Wildman–Crippen MR) is 105 cm³/mol. The minimum Gasteiger partial charge on any atom is -0.487 e. The van der Waals surface area contributed by atoms with Crippen LogP contribution in [0.2, 0.25) is 0 Å². The van der Waals surface area contributed by atoms with Crippen LogP contribution in [0.5, 0.6) is 5.75 Å². The molecule has 1 saturated heterocycles. The number of aliphatic hydroxyl groups is 1. The van der Waals surface area contributed by atoms with Gasteiger partial charge in [0.1, 0.15) is 11.4 Å². The van der Waals surface area contributed by atoms with Gasteiger partial charge in [0.25, 0.3) is 0 Å². The third-order valence-electron chi connectivity index (χ3n) is 4.65. The molecule has 1 fully saturated rings. The van der Waals surface area contributed by atoms with Gasteiger partial charge in [0.15, 0.2) is 5.96 Å². The zero-order valence-electron chi connectivity index (χ0n) is 15.3. The Hall–Kier alpha value is -1.40. The van der Waals surface area contributed by atoms with Gasteiger partial charge in [-0.3, -0.25) is 4.99 Å². The van der Waals surface area contributed by atoms with Gasteiger partial charge in [-0.1, -0.05) is 18.2 Å². The molecule has 2 unspecified atom stereocenters. The van der Waals surface area contributed by atoms with Crippen molar-refractivity contribution in [3.05, 3.63) is 29.8 Å². The first-order valence-electron chi connectivity index (χ1n) is 9.04. The third kappa shape index (κ3) is 4.61. The average Bonchev–Trinajstić information content (AvgIpc) is 2.99. The van der Waals surface area contributed by atoms with E-state index in [4.69, 9.17) is 4.74 Å². The molecule has 0 aliphatic carbocycles. The number of fused-ring (bicyclic) bond motifs is 1. The van der Waals surface area contributed by atoms with Crippen LogP contribution in [0.15, 0.2) is 29.3 Å². The van der Waals surface area contributed by atoms with Crippen molar-refractivity contribution in [2.45, 2.75) is 50.9 Å². The van der Waals surface area contributed by atoms with Crippen molar-refractivity contribution in [1.29, 1.82) is 0 Å². The topological polar surface area (TPSA) is 65.9 Å². The Kier molecular flexibility index (Phi) is 5.49. The van der Waals surface area contributed by atoms with Crippen LogP contribution >= 0.6 is 11.8 Å². The second kappa shape index (κ2) is 7.46. The van der Waals surface area contributed by atoms with Crippen LogP contribution in [-0.4, -0.2) is 46.9 Å². The standard InChI is InChI=1S/C19H29N3O2S/c1-4-20-17(21-12-19(23)9-10-25-13-19)22-15-11-18(2,3)24-16-8-6-5-7-14(15)16/h5-8,15,23H,4,9-13H2,1-3H3,(H2,20,21,22). The molecule has 2 heterocycles. The maximum absolute atomic E-state index is 10.6. The van der Waals surface area contributed by atoms with Gasteiger partial charge in [-0.05, 0) is 39.0 Å². The maximum atomic E-state index is 10.6. The van der Waals surface area contributed by atoms with E-state index in [2.05, 4.69) is 42.5 Å². The van der Waals surface area contributed by atoms with Crippen molar-refractivity contribution in [2.24, 2.45) is 4.99 Å². The number of ether oxygens (including phenoxy) is 1. The van der Waals surface area contributed by atoms with E-state index in [0.29, 0.717) is 6.54 Å². The lowest BCUT2D eigenvalue weighted by Gasteiger charge is -2.38. The van der Waals surface area contributed by atoms with Gasteiger partial charge < -0.3 is 20.5 Å². The lowest BCUT2D eigenvalue weighted by atomic mass is 9.90. The molecule has 138 valence electrons. The minimum absolute atomic E-state index is 0.130. The monoisotopic (exact) mass is 363 g/mol.